The van der Waals surface area contributed by atoms with Gasteiger partial charge >= 0.3 is 5.91 Å². The monoisotopic (exact) mass is 539 g/mol. The number of nitrogens with one attached hydrogen (secondary N) is 3. The minimum absolute atomic E-state index is 0.0236. The maximum Gasteiger partial charge on any atom is 0.576 e. The Balaban J connectivity index is 1.35. The molecule has 0 saturated heterocycles. The standard InChI is InChI=1S/C26H27ClN6O3S/c1-33(2)26(36)14-3-5-19(31-23(34)21-11-15-10-17(27)4-6-18(15)30-21)16(9-14)12-29-24(35)25-32-20-7-8-28-13-22(20)37-25/h4,6,10-11,14,16,19,28H,3,5,7-9,13H2,1-2H3,(H-,30,31,34)/p+1/t14-,16?,19-/m0/s1. The minimum Gasteiger partial charge on any atom is -0.351 e. The Kier molecular flexibility index (Phi) is 7.29. The molecule has 1 aliphatic carbocycles. The summed E-state index contributed by atoms with van der Waals surface area (Å²) in [6, 6.07) is 9.80. The predicted octanol–water partition coefficient (Wildman–Crippen LogP) is 3.70. The van der Waals surface area contributed by atoms with E-state index in [9.17, 15) is 14.4 Å². The number of rotatable bonds is 4. The summed E-state index contributed by atoms with van der Waals surface area (Å²) < 4.78 is 0. The summed E-state index contributed by atoms with van der Waals surface area (Å²) in [6.45, 7) is 1.55. The van der Waals surface area contributed by atoms with Gasteiger partial charge in [0.25, 0.3) is 17.0 Å². The Morgan fingerprint density at radius 3 is 2.86 bits per heavy atom. The van der Waals surface area contributed by atoms with E-state index in [0.717, 1.165) is 34.4 Å². The third-order valence-corrected chi connectivity index (χ3v) is 8.22. The zero-order chi connectivity index (χ0) is 26.1. The van der Waals surface area contributed by atoms with Crippen LogP contribution in [0.25, 0.3) is 15.7 Å². The van der Waals surface area contributed by atoms with Crippen LogP contribution < -0.4 is 10.6 Å². The van der Waals surface area contributed by atoms with E-state index < -0.39 is 11.8 Å². The molecule has 3 aromatic rings. The number of aromatic amines is 1. The molecule has 37 heavy (non-hydrogen) atoms. The molecule has 3 N–H and O–H groups in total. The fourth-order valence-electron chi connectivity index (χ4n) is 4.95. The molecule has 3 heterocycles. The van der Waals surface area contributed by atoms with Crippen molar-refractivity contribution < 1.29 is 14.4 Å². The third-order valence-electron chi connectivity index (χ3n) is 6.90. The molecule has 3 amide bonds. The highest BCUT2D eigenvalue weighted by atomic mass is 35.5. The van der Waals surface area contributed by atoms with Crippen LogP contribution in [0.2, 0.25) is 5.02 Å². The SMILES string of the molecule is CN(C)C(=O)[C@H]1CC[C@H](NC(=O)c2cc3cc(Cl)ccc3[nH]2)C(C#[N+]C(=O)c2nc3c(s2)CNCC3)C1. The van der Waals surface area contributed by atoms with Gasteiger partial charge in [-0.3, -0.25) is 9.59 Å². The van der Waals surface area contributed by atoms with Crippen molar-refractivity contribution >= 4 is 51.6 Å². The predicted molar refractivity (Wildman–Crippen MR) is 143 cm³/mol. The van der Waals surface area contributed by atoms with Gasteiger partial charge < -0.3 is 20.5 Å². The fraction of sp³-hybridized carbons (Fsp3) is 0.423. The number of fused-ring (bicyclic) bond motifs is 2. The highest BCUT2D eigenvalue weighted by Gasteiger charge is 2.38. The molecular weight excluding hydrogens is 512 g/mol. The lowest BCUT2D eigenvalue weighted by molar-refractivity contribution is -0.134. The summed E-state index contributed by atoms with van der Waals surface area (Å²) in [5.41, 5.74) is 2.17. The van der Waals surface area contributed by atoms with Crippen molar-refractivity contribution in [2.75, 3.05) is 20.6 Å². The van der Waals surface area contributed by atoms with Crippen molar-refractivity contribution in [3.05, 3.63) is 55.4 Å². The molecule has 11 heteroatoms. The summed E-state index contributed by atoms with van der Waals surface area (Å²) in [7, 11) is 3.46. The van der Waals surface area contributed by atoms with Gasteiger partial charge in [-0.05, 0) is 43.5 Å². The maximum atomic E-state index is 13.1. The molecule has 3 atom stereocenters. The summed E-state index contributed by atoms with van der Waals surface area (Å²) >= 11 is 7.43. The van der Waals surface area contributed by atoms with Gasteiger partial charge in [0.2, 0.25) is 5.91 Å². The number of hydrogen-bond acceptors (Lipinski definition) is 6. The Morgan fingerprint density at radius 2 is 2.08 bits per heavy atom. The fourth-order valence-corrected chi connectivity index (χ4v) is 6.10. The number of halogens is 1. The van der Waals surface area contributed by atoms with Gasteiger partial charge in [-0.15, -0.1) is 11.3 Å². The lowest BCUT2D eigenvalue weighted by Crippen LogP contribution is -2.45. The highest BCUT2D eigenvalue weighted by molar-refractivity contribution is 7.13. The quantitative estimate of drug-likeness (QED) is 0.468. The number of nitrogens with zero attached hydrogens (tertiary/aromatic N) is 3. The van der Waals surface area contributed by atoms with E-state index in [2.05, 4.69) is 31.5 Å². The van der Waals surface area contributed by atoms with E-state index >= 15 is 0 Å². The first-order valence-corrected chi connectivity index (χ1v) is 13.5. The molecule has 2 aliphatic rings. The Bertz CT molecular complexity index is 1410. The van der Waals surface area contributed by atoms with Crippen molar-refractivity contribution in [2.24, 2.45) is 11.8 Å². The molecule has 9 nitrogen and oxygen atoms in total. The van der Waals surface area contributed by atoms with E-state index in [1.807, 2.05) is 6.07 Å². The van der Waals surface area contributed by atoms with Crippen LogP contribution in [0.15, 0.2) is 24.3 Å². The molecular formula is C26H28ClN6O3S+. The lowest BCUT2D eigenvalue weighted by atomic mass is 9.78. The van der Waals surface area contributed by atoms with Gasteiger partial charge in [-0.25, -0.2) is 4.98 Å². The number of thiazole rings is 1. The summed E-state index contributed by atoms with van der Waals surface area (Å²) in [5, 5.41) is 8.13. The van der Waals surface area contributed by atoms with Gasteiger partial charge in [0, 0.05) is 71.2 Å². The number of aromatic nitrogens is 2. The second-order valence-corrected chi connectivity index (χ2v) is 11.2. The summed E-state index contributed by atoms with van der Waals surface area (Å²) in [6.07, 6.45) is 2.43. The number of H-pyrrole nitrogens is 1. The first-order chi connectivity index (χ1) is 17.8. The Morgan fingerprint density at radius 1 is 1.24 bits per heavy atom. The average Bonchev–Trinajstić information content (AvgIpc) is 3.51. The first kappa shape index (κ1) is 25.4. The van der Waals surface area contributed by atoms with Crippen molar-refractivity contribution in [3.8, 4) is 6.07 Å². The summed E-state index contributed by atoms with van der Waals surface area (Å²) in [4.78, 5) is 53.0. The molecule has 1 unspecified atom stereocenters. The van der Waals surface area contributed by atoms with Gasteiger partial charge in [0.05, 0.1) is 5.69 Å². The van der Waals surface area contributed by atoms with E-state index in [1.165, 1.54) is 11.3 Å². The Labute approximate surface area is 223 Å². The van der Waals surface area contributed by atoms with Gasteiger partial charge in [-0.1, -0.05) is 11.6 Å². The molecule has 192 valence electrons. The highest BCUT2D eigenvalue weighted by Crippen LogP contribution is 2.31. The van der Waals surface area contributed by atoms with Crippen LogP contribution in [-0.2, 0) is 17.8 Å². The molecule has 1 fully saturated rings. The smallest absolute Gasteiger partial charge is 0.351 e. The second-order valence-electron chi connectivity index (χ2n) is 9.71. The van der Waals surface area contributed by atoms with Crippen LogP contribution in [0.4, 0.5) is 0 Å². The number of carbonyl (C=O) groups excluding carboxylic acids is 3. The molecule has 1 saturated carbocycles. The van der Waals surface area contributed by atoms with Crippen LogP contribution in [0.5, 0.6) is 0 Å². The number of benzene rings is 1. The molecule has 1 aromatic carbocycles. The normalized spacial score (nSPS) is 21.0. The molecule has 0 spiro atoms. The van der Waals surface area contributed by atoms with Crippen molar-refractivity contribution in [1.82, 2.24) is 25.5 Å². The number of hydrogen-bond donors (Lipinski definition) is 3. The van der Waals surface area contributed by atoms with Gasteiger partial charge in [-0.2, -0.15) is 4.79 Å². The van der Waals surface area contributed by atoms with Crippen LogP contribution in [-0.4, -0.2) is 59.3 Å². The Hall–Kier alpha value is -3.26. The molecule has 0 bridgehead atoms. The first-order valence-electron chi connectivity index (χ1n) is 12.3. The number of amides is 3. The van der Waals surface area contributed by atoms with Crippen molar-refractivity contribution in [2.45, 2.75) is 38.3 Å². The van der Waals surface area contributed by atoms with Crippen molar-refractivity contribution in [1.29, 1.82) is 0 Å². The van der Waals surface area contributed by atoms with Crippen LogP contribution >= 0.6 is 22.9 Å². The van der Waals surface area contributed by atoms with Crippen LogP contribution in [0.3, 0.4) is 0 Å². The van der Waals surface area contributed by atoms with Crippen LogP contribution in [0.1, 0.15) is 50.1 Å². The van der Waals surface area contributed by atoms with Crippen molar-refractivity contribution in [3.63, 3.8) is 0 Å². The molecule has 2 aromatic heterocycles. The zero-order valence-corrected chi connectivity index (χ0v) is 22.2. The van der Waals surface area contributed by atoms with Gasteiger partial charge in [0.1, 0.15) is 11.6 Å². The lowest BCUT2D eigenvalue weighted by Gasteiger charge is -2.32. The second kappa shape index (κ2) is 10.6. The largest absolute Gasteiger partial charge is 0.576 e. The maximum absolute atomic E-state index is 13.1. The number of carbonyl (C=O) groups is 3. The van der Waals surface area contributed by atoms with Gasteiger partial charge in [0.15, 0.2) is 0 Å². The molecule has 1 aliphatic heterocycles. The zero-order valence-electron chi connectivity index (χ0n) is 20.6. The van der Waals surface area contributed by atoms with Crippen LogP contribution in [0, 0.1) is 17.9 Å². The van der Waals surface area contributed by atoms with E-state index in [4.69, 9.17) is 11.6 Å². The molecule has 5 rings (SSSR count). The van der Waals surface area contributed by atoms with E-state index in [-0.39, 0.29) is 23.8 Å². The topological polar surface area (TPSA) is 112 Å². The van der Waals surface area contributed by atoms with E-state index in [1.54, 1.807) is 37.2 Å². The molecule has 0 radical (unpaired) electrons. The minimum atomic E-state index is -0.446. The van der Waals surface area contributed by atoms with E-state index in [0.29, 0.717) is 41.5 Å². The third kappa shape index (κ3) is 5.54. The average molecular weight is 540 g/mol. The summed E-state index contributed by atoms with van der Waals surface area (Å²) in [5.74, 6) is -1.31.